The molecule has 0 radical (unpaired) electrons. The Morgan fingerprint density at radius 1 is 0.800 bits per heavy atom. The van der Waals surface area contributed by atoms with Gasteiger partial charge >= 0.3 is 0 Å². The van der Waals surface area contributed by atoms with E-state index in [1.807, 2.05) is 0 Å². The van der Waals surface area contributed by atoms with E-state index in [4.69, 9.17) is 0 Å². The molecular formula is C30H38. The number of hydrogen-bond acceptors (Lipinski definition) is 0. The van der Waals surface area contributed by atoms with Crippen molar-refractivity contribution in [1.82, 2.24) is 0 Å². The molecule has 2 aromatic carbocycles. The summed E-state index contributed by atoms with van der Waals surface area (Å²) in [6.07, 6.45) is 9.11. The molecule has 158 valence electrons. The fourth-order valence-electron chi connectivity index (χ4n) is 4.56. The molecule has 30 heavy (non-hydrogen) atoms. The maximum atomic E-state index is 2.46. The van der Waals surface area contributed by atoms with Crippen LogP contribution in [0.3, 0.4) is 0 Å². The highest BCUT2D eigenvalue weighted by Crippen LogP contribution is 2.55. The Kier molecular flexibility index (Phi) is 5.76. The Bertz CT molecular complexity index is 1040. The van der Waals surface area contributed by atoms with Gasteiger partial charge < -0.3 is 0 Å². The lowest BCUT2D eigenvalue weighted by Gasteiger charge is -2.31. The smallest absolute Gasteiger partial charge is 0.0360 e. The van der Waals surface area contributed by atoms with Crippen molar-refractivity contribution < 1.29 is 0 Å². The van der Waals surface area contributed by atoms with Gasteiger partial charge in [0.15, 0.2) is 0 Å². The average Bonchev–Trinajstić information content (AvgIpc) is 3.35. The second-order valence-electron chi connectivity index (χ2n) is 9.96. The maximum absolute atomic E-state index is 2.46. The summed E-state index contributed by atoms with van der Waals surface area (Å²) < 4.78 is 0. The first kappa shape index (κ1) is 22.3. The number of aryl methyl sites for hydroxylation is 4. The van der Waals surface area contributed by atoms with Crippen molar-refractivity contribution in [3.63, 3.8) is 0 Å². The first-order chi connectivity index (χ1) is 13.9. The first-order valence-electron chi connectivity index (χ1n) is 11.2. The molecule has 2 aromatic rings. The molecule has 0 bridgehead atoms. The van der Waals surface area contributed by atoms with Crippen LogP contribution in [0.4, 0.5) is 0 Å². The Labute approximate surface area is 184 Å². The van der Waals surface area contributed by atoms with Crippen molar-refractivity contribution in [1.29, 1.82) is 0 Å². The second-order valence-corrected chi connectivity index (χ2v) is 9.96. The largest absolute Gasteiger partial charge is 0.0877 e. The van der Waals surface area contributed by atoms with Crippen LogP contribution in [0.2, 0.25) is 0 Å². The zero-order valence-electron chi connectivity index (χ0n) is 20.6. The Morgan fingerprint density at radius 3 is 1.73 bits per heavy atom. The fourth-order valence-corrected chi connectivity index (χ4v) is 4.56. The lowest BCUT2D eigenvalue weighted by molar-refractivity contribution is 0.621. The van der Waals surface area contributed by atoms with Crippen molar-refractivity contribution in [2.75, 3.05) is 0 Å². The molecule has 1 aliphatic rings. The van der Waals surface area contributed by atoms with Gasteiger partial charge in [-0.3, -0.25) is 0 Å². The van der Waals surface area contributed by atoms with Gasteiger partial charge in [-0.1, -0.05) is 62.4 Å². The van der Waals surface area contributed by atoms with Crippen LogP contribution in [0.15, 0.2) is 59.7 Å². The minimum absolute atomic E-state index is 0.0166. The van der Waals surface area contributed by atoms with Crippen molar-refractivity contribution in [2.24, 2.45) is 0 Å². The van der Waals surface area contributed by atoms with Gasteiger partial charge in [0.05, 0.1) is 0 Å². The molecule has 0 heterocycles. The molecule has 3 rings (SSSR count). The molecule has 1 unspecified atom stereocenters. The van der Waals surface area contributed by atoms with Crippen molar-refractivity contribution in [3.05, 3.63) is 104 Å². The van der Waals surface area contributed by atoms with Crippen molar-refractivity contribution in [3.8, 4) is 0 Å². The minimum Gasteiger partial charge on any atom is -0.0877 e. The van der Waals surface area contributed by atoms with Crippen LogP contribution in [-0.4, -0.2) is 0 Å². The Hall–Kier alpha value is -2.34. The van der Waals surface area contributed by atoms with Crippen LogP contribution in [0.5, 0.6) is 0 Å². The molecule has 0 spiro atoms. The van der Waals surface area contributed by atoms with Crippen LogP contribution in [-0.2, 0) is 10.8 Å². The quantitative estimate of drug-likeness (QED) is 0.445. The normalized spacial score (nSPS) is 19.4. The molecular weight excluding hydrogens is 360 g/mol. The van der Waals surface area contributed by atoms with Gasteiger partial charge in [0.2, 0.25) is 0 Å². The Balaban J connectivity index is 2.08. The summed E-state index contributed by atoms with van der Waals surface area (Å²) in [4.78, 5) is 0. The first-order valence-corrected chi connectivity index (χ1v) is 11.2. The van der Waals surface area contributed by atoms with Crippen molar-refractivity contribution in [2.45, 2.75) is 80.1 Å². The zero-order chi connectivity index (χ0) is 22.4. The molecule has 0 amide bonds. The van der Waals surface area contributed by atoms with E-state index in [0.29, 0.717) is 0 Å². The predicted molar refractivity (Wildman–Crippen MR) is 133 cm³/mol. The van der Waals surface area contributed by atoms with Crippen LogP contribution in [0.25, 0.3) is 0 Å². The number of hydrogen-bond donors (Lipinski definition) is 0. The summed E-state index contributed by atoms with van der Waals surface area (Å²) in [6.45, 7) is 22.6. The van der Waals surface area contributed by atoms with E-state index in [9.17, 15) is 0 Å². The number of allylic oxidation sites excluding steroid dienone is 6. The number of rotatable bonds is 5. The second kappa shape index (κ2) is 7.73. The molecule has 1 aliphatic carbocycles. The maximum Gasteiger partial charge on any atom is 0.0360 e. The average molecular weight is 399 g/mol. The van der Waals surface area contributed by atoms with Gasteiger partial charge in [-0.15, -0.1) is 0 Å². The van der Waals surface area contributed by atoms with E-state index >= 15 is 0 Å². The molecule has 0 fully saturated rings. The highest BCUT2D eigenvalue weighted by atomic mass is 14.5. The summed E-state index contributed by atoms with van der Waals surface area (Å²) >= 11 is 0. The molecule has 0 nitrogen and oxygen atoms in total. The molecule has 0 aromatic heterocycles. The van der Waals surface area contributed by atoms with Gasteiger partial charge in [0.1, 0.15) is 0 Å². The van der Waals surface area contributed by atoms with Crippen molar-refractivity contribution >= 4 is 0 Å². The lowest BCUT2D eigenvalue weighted by atomic mass is 9.72. The van der Waals surface area contributed by atoms with E-state index < -0.39 is 0 Å². The molecule has 0 saturated carbocycles. The molecule has 0 heteroatoms. The zero-order valence-corrected chi connectivity index (χ0v) is 20.6. The fraction of sp³-hybridized carbons (Fsp3) is 0.400. The third-order valence-electron chi connectivity index (χ3n) is 7.50. The van der Waals surface area contributed by atoms with Gasteiger partial charge in [-0.25, -0.2) is 0 Å². The van der Waals surface area contributed by atoms with Crippen LogP contribution in [0, 0.1) is 41.5 Å². The third-order valence-corrected chi connectivity index (χ3v) is 7.50. The summed E-state index contributed by atoms with van der Waals surface area (Å²) in [5, 5.41) is 0. The molecule has 1 atom stereocenters. The van der Waals surface area contributed by atoms with Gasteiger partial charge in [-0.2, -0.15) is 0 Å². The van der Waals surface area contributed by atoms with Gasteiger partial charge in [0.25, 0.3) is 0 Å². The summed E-state index contributed by atoms with van der Waals surface area (Å²) in [5.74, 6) is 0. The van der Waals surface area contributed by atoms with Gasteiger partial charge in [-0.05, 0) is 111 Å². The van der Waals surface area contributed by atoms with Crippen LogP contribution < -0.4 is 0 Å². The highest BCUT2D eigenvalue weighted by molar-refractivity contribution is 5.67. The van der Waals surface area contributed by atoms with E-state index in [2.05, 4.69) is 118 Å². The van der Waals surface area contributed by atoms with Crippen LogP contribution in [0.1, 0.15) is 72.2 Å². The topological polar surface area (TPSA) is 0 Å². The van der Waals surface area contributed by atoms with E-state index in [1.54, 1.807) is 0 Å². The SMILES string of the molecule is C/C=C\C=C(/C1=CC1(C)c1cc(C)c(C)c(C)c1)C(C)(C)c1cc(C)c(C)c(C)c1. The molecule has 0 aliphatic heterocycles. The lowest BCUT2D eigenvalue weighted by Crippen LogP contribution is -2.23. The predicted octanol–water partition coefficient (Wildman–Crippen LogP) is 8.22. The third kappa shape index (κ3) is 3.73. The summed E-state index contributed by atoms with van der Waals surface area (Å²) in [6, 6.07) is 9.52. The number of benzene rings is 2. The monoisotopic (exact) mass is 398 g/mol. The van der Waals surface area contributed by atoms with Crippen LogP contribution >= 0.6 is 0 Å². The van der Waals surface area contributed by atoms with E-state index in [1.165, 1.54) is 55.7 Å². The minimum atomic E-state index is -0.0683. The molecule has 0 N–H and O–H groups in total. The van der Waals surface area contributed by atoms with E-state index in [-0.39, 0.29) is 10.8 Å². The molecule has 0 saturated heterocycles. The standard InChI is InChI=1S/C30H38/c1-11-12-13-27(29(8,9)25-14-19(2)23(6)20(3)15-25)28-18-30(28,10)26-16-21(4)24(7)22(5)17-26/h11-18H,1-10H3/b12-11-,27-13+. The summed E-state index contributed by atoms with van der Waals surface area (Å²) in [7, 11) is 0. The van der Waals surface area contributed by atoms with E-state index in [0.717, 1.165) is 0 Å². The Morgan fingerprint density at radius 2 is 1.27 bits per heavy atom. The van der Waals surface area contributed by atoms with Gasteiger partial charge in [0, 0.05) is 10.8 Å². The summed E-state index contributed by atoms with van der Waals surface area (Å²) in [5.41, 5.74) is 14.0. The highest BCUT2D eigenvalue weighted by Gasteiger charge is 2.46.